The third-order valence-electron chi connectivity index (χ3n) is 6.29. The summed E-state index contributed by atoms with van der Waals surface area (Å²) in [4.78, 5) is 21.8. The maximum absolute atomic E-state index is 13.3. The van der Waals surface area contributed by atoms with Crippen molar-refractivity contribution in [3.05, 3.63) is 64.8 Å². The molecule has 0 spiro atoms. The van der Waals surface area contributed by atoms with E-state index in [1.165, 1.54) is 6.20 Å². The maximum atomic E-state index is 13.3. The van der Waals surface area contributed by atoms with Crippen LogP contribution in [0.25, 0.3) is 0 Å². The Labute approximate surface area is 224 Å². The van der Waals surface area contributed by atoms with Gasteiger partial charge in [-0.25, -0.2) is 4.98 Å². The van der Waals surface area contributed by atoms with E-state index in [4.69, 9.17) is 11.6 Å². The number of carbonyl (C=O) groups is 1. The summed E-state index contributed by atoms with van der Waals surface area (Å²) >= 11 is 6.33. The summed E-state index contributed by atoms with van der Waals surface area (Å²) in [6, 6.07) is 11.8. The first-order chi connectivity index (χ1) is 17.8. The van der Waals surface area contributed by atoms with Gasteiger partial charge in [0.2, 0.25) is 5.95 Å². The topological polar surface area (TPSA) is 87.2 Å². The van der Waals surface area contributed by atoms with Crippen LogP contribution in [0.1, 0.15) is 31.0 Å². The van der Waals surface area contributed by atoms with Gasteiger partial charge in [0, 0.05) is 17.5 Å². The standard InChI is InChI=1S/C26H28ClF3N5O2P/c1-15(2)22-18-13-17(10-9-16(18)11-12-35(22)24(36)26(28,29)30)32-25-31-14-19(27)23(34-25)33-20-7-5-6-8-21(20)38(3,4)37/h5-10,13-15,22H,11-12H2,1-4H3,(H2,31,32,33,34). The van der Waals surface area contributed by atoms with E-state index in [0.717, 1.165) is 10.5 Å². The Morgan fingerprint density at radius 1 is 1.16 bits per heavy atom. The van der Waals surface area contributed by atoms with Crippen LogP contribution < -0.4 is 15.9 Å². The van der Waals surface area contributed by atoms with Crippen LogP contribution in [-0.2, 0) is 15.8 Å². The van der Waals surface area contributed by atoms with E-state index >= 15 is 0 Å². The molecular weight excluding hydrogens is 538 g/mol. The van der Waals surface area contributed by atoms with Crippen molar-refractivity contribution in [3.63, 3.8) is 0 Å². The highest BCUT2D eigenvalue weighted by molar-refractivity contribution is 7.70. The van der Waals surface area contributed by atoms with E-state index in [2.05, 4.69) is 20.6 Å². The number of rotatable bonds is 6. The van der Waals surface area contributed by atoms with E-state index in [0.29, 0.717) is 34.5 Å². The Morgan fingerprint density at radius 2 is 1.87 bits per heavy atom. The molecule has 2 heterocycles. The summed E-state index contributed by atoms with van der Waals surface area (Å²) in [6.45, 7) is 6.93. The summed E-state index contributed by atoms with van der Waals surface area (Å²) < 4.78 is 52.6. The Balaban J connectivity index is 1.63. The Hall–Kier alpha value is -3.10. The van der Waals surface area contributed by atoms with Crippen LogP contribution in [0.15, 0.2) is 48.7 Å². The van der Waals surface area contributed by atoms with Gasteiger partial charge in [-0.2, -0.15) is 18.2 Å². The lowest BCUT2D eigenvalue weighted by molar-refractivity contribution is -0.189. The zero-order chi connectivity index (χ0) is 27.8. The number of alkyl halides is 3. The zero-order valence-corrected chi connectivity index (χ0v) is 23.0. The first-order valence-electron chi connectivity index (χ1n) is 12.0. The van der Waals surface area contributed by atoms with Crippen molar-refractivity contribution in [2.45, 2.75) is 32.5 Å². The lowest BCUT2D eigenvalue weighted by Crippen LogP contribution is -2.48. The van der Waals surface area contributed by atoms with Crippen molar-refractivity contribution < 1.29 is 22.5 Å². The maximum Gasteiger partial charge on any atom is 0.471 e. The fourth-order valence-electron chi connectivity index (χ4n) is 4.65. The molecule has 1 atom stereocenters. The fourth-order valence-corrected chi connectivity index (χ4v) is 5.95. The van der Waals surface area contributed by atoms with E-state index in [-0.39, 0.29) is 23.4 Å². The van der Waals surface area contributed by atoms with Crippen LogP contribution >= 0.6 is 18.7 Å². The summed E-state index contributed by atoms with van der Waals surface area (Å²) in [5, 5.41) is 7.12. The Kier molecular flexibility index (Phi) is 7.77. The molecule has 2 aromatic carbocycles. The number of halogens is 4. The van der Waals surface area contributed by atoms with Gasteiger partial charge in [-0.3, -0.25) is 4.79 Å². The molecule has 1 unspecified atom stereocenters. The minimum Gasteiger partial charge on any atom is -0.338 e. The zero-order valence-electron chi connectivity index (χ0n) is 21.3. The van der Waals surface area contributed by atoms with E-state index in [1.807, 2.05) is 6.07 Å². The summed E-state index contributed by atoms with van der Waals surface area (Å²) in [5.41, 5.74) is 2.70. The number of fused-ring (bicyclic) bond motifs is 1. The first-order valence-corrected chi connectivity index (χ1v) is 15.0. The number of anilines is 4. The molecular formula is C26H28ClF3N5O2P. The average molecular weight is 566 g/mol. The van der Waals surface area contributed by atoms with Gasteiger partial charge in [0.25, 0.3) is 0 Å². The third kappa shape index (κ3) is 5.97. The van der Waals surface area contributed by atoms with Crippen molar-refractivity contribution in [2.24, 2.45) is 5.92 Å². The second-order valence-corrected chi connectivity index (χ2v) is 13.4. The highest BCUT2D eigenvalue weighted by atomic mass is 35.5. The molecule has 12 heteroatoms. The molecule has 0 fully saturated rings. The fraction of sp³-hybridized carbons (Fsp3) is 0.346. The van der Waals surface area contributed by atoms with Gasteiger partial charge in [0.1, 0.15) is 12.2 Å². The molecule has 0 aliphatic carbocycles. The number of nitrogens with one attached hydrogen (secondary N) is 2. The van der Waals surface area contributed by atoms with Gasteiger partial charge >= 0.3 is 12.1 Å². The lowest BCUT2D eigenvalue weighted by Gasteiger charge is -2.40. The molecule has 0 bridgehead atoms. The molecule has 2 N–H and O–H groups in total. The molecule has 1 amide bonds. The van der Waals surface area contributed by atoms with Crippen molar-refractivity contribution in [3.8, 4) is 0 Å². The smallest absolute Gasteiger partial charge is 0.338 e. The Bertz CT molecular complexity index is 1410. The predicted molar refractivity (Wildman–Crippen MR) is 145 cm³/mol. The van der Waals surface area contributed by atoms with Crippen LogP contribution in [0.5, 0.6) is 0 Å². The number of amides is 1. The van der Waals surface area contributed by atoms with Crippen molar-refractivity contribution >= 4 is 53.1 Å². The van der Waals surface area contributed by atoms with Gasteiger partial charge in [0.05, 0.1) is 17.9 Å². The number of carbonyl (C=O) groups excluding carboxylic acids is 1. The number of nitrogens with zero attached hydrogens (tertiary/aromatic N) is 3. The molecule has 0 saturated carbocycles. The average Bonchev–Trinajstić information content (AvgIpc) is 2.83. The molecule has 0 saturated heterocycles. The lowest BCUT2D eigenvalue weighted by atomic mass is 9.85. The number of hydrogen-bond donors (Lipinski definition) is 2. The third-order valence-corrected chi connectivity index (χ3v) is 8.12. The molecule has 1 aliphatic heterocycles. The first kappa shape index (κ1) is 27.9. The second kappa shape index (κ2) is 10.6. The highest BCUT2D eigenvalue weighted by Gasteiger charge is 2.46. The number of aromatic nitrogens is 2. The van der Waals surface area contributed by atoms with Gasteiger partial charge in [0.15, 0.2) is 5.82 Å². The number of para-hydroxylation sites is 1. The summed E-state index contributed by atoms with van der Waals surface area (Å²) in [5.74, 6) is -1.58. The quantitative estimate of drug-likeness (QED) is 0.331. The van der Waals surface area contributed by atoms with Crippen LogP contribution in [-0.4, -0.2) is 46.8 Å². The normalized spacial score (nSPS) is 15.8. The van der Waals surface area contributed by atoms with Crippen LogP contribution in [0.2, 0.25) is 5.02 Å². The second-order valence-electron chi connectivity index (χ2n) is 9.86. The summed E-state index contributed by atoms with van der Waals surface area (Å²) in [7, 11) is -2.59. The molecule has 3 aromatic rings. The molecule has 202 valence electrons. The van der Waals surface area contributed by atoms with Crippen molar-refractivity contribution in [1.82, 2.24) is 14.9 Å². The molecule has 38 heavy (non-hydrogen) atoms. The van der Waals surface area contributed by atoms with Gasteiger partial charge in [-0.15, -0.1) is 0 Å². The van der Waals surface area contributed by atoms with Gasteiger partial charge in [-0.05, 0) is 61.1 Å². The molecule has 1 aromatic heterocycles. The number of hydrogen-bond acceptors (Lipinski definition) is 6. The molecule has 0 radical (unpaired) electrons. The van der Waals surface area contributed by atoms with E-state index in [1.54, 1.807) is 63.6 Å². The molecule has 1 aliphatic rings. The minimum absolute atomic E-state index is 0.000214. The predicted octanol–water partition coefficient (Wildman–Crippen LogP) is 6.51. The van der Waals surface area contributed by atoms with Gasteiger partial charge in [-0.1, -0.05) is 43.6 Å². The van der Waals surface area contributed by atoms with Crippen molar-refractivity contribution in [1.29, 1.82) is 0 Å². The largest absolute Gasteiger partial charge is 0.471 e. The highest BCUT2D eigenvalue weighted by Crippen LogP contribution is 2.40. The monoisotopic (exact) mass is 565 g/mol. The van der Waals surface area contributed by atoms with Crippen LogP contribution in [0, 0.1) is 5.92 Å². The Morgan fingerprint density at radius 3 is 2.53 bits per heavy atom. The van der Waals surface area contributed by atoms with Crippen LogP contribution in [0.4, 0.5) is 36.3 Å². The van der Waals surface area contributed by atoms with Crippen molar-refractivity contribution in [2.75, 3.05) is 30.5 Å². The van der Waals surface area contributed by atoms with Crippen LogP contribution in [0.3, 0.4) is 0 Å². The molecule has 4 rings (SSSR count). The minimum atomic E-state index is -4.94. The summed E-state index contributed by atoms with van der Waals surface area (Å²) in [6.07, 6.45) is -3.20. The SMILES string of the molecule is CC(C)C1c2cc(Nc3ncc(Cl)c(Nc4ccccc4P(C)(C)=O)n3)ccc2CCN1C(=O)C(F)(F)F. The number of benzene rings is 2. The van der Waals surface area contributed by atoms with E-state index in [9.17, 15) is 22.5 Å². The molecule has 7 nitrogen and oxygen atoms in total. The van der Waals surface area contributed by atoms with E-state index < -0.39 is 25.3 Å². The van der Waals surface area contributed by atoms with Gasteiger partial charge < -0.3 is 20.1 Å².